The Morgan fingerprint density at radius 2 is 2.00 bits per heavy atom. The summed E-state index contributed by atoms with van der Waals surface area (Å²) in [5, 5.41) is 3.32. The lowest BCUT2D eigenvalue weighted by Crippen LogP contribution is -2.20. The van der Waals surface area contributed by atoms with E-state index in [0.717, 1.165) is 5.82 Å². The van der Waals surface area contributed by atoms with Gasteiger partial charge < -0.3 is 15.6 Å². The Kier molecular flexibility index (Phi) is 4.75. The van der Waals surface area contributed by atoms with Crippen molar-refractivity contribution in [1.82, 2.24) is 9.55 Å². The van der Waals surface area contributed by atoms with Gasteiger partial charge in [0.15, 0.2) is 0 Å². The lowest BCUT2D eigenvalue weighted by molar-refractivity contribution is -0.116. The van der Waals surface area contributed by atoms with E-state index in [1.165, 1.54) is 0 Å². The van der Waals surface area contributed by atoms with E-state index in [9.17, 15) is 4.79 Å². The Morgan fingerprint density at radius 3 is 2.57 bits per heavy atom. The molecule has 0 aliphatic rings. The number of carbonyl (C=O) groups is 1. The van der Waals surface area contributed by atoms with Crippen molar-refractivity contribution in [1.29, 1.82) is 0 Å². The summed E-state index contributed by atoms with van der Waals surface area (Å²) in [6.45, 7) is 4.18. The van der Waals surface area contributed by atoms with Crippen LogP contribution in [0, 0.1) is 0 Å². The second kappa shape index (κ2) is 6.37. The van der Waals surface area contributed by atoms with E-state index < -0.39 is 0 Å². The molecule has 0 atom stereocenters. The molecular weight excluding hydrogens is 311 g/mol. The third-order valence-corrected chi connectivity index (χ3v) is 3.50. The van der Waals surface area contributed by atoms with Crippen LogP contribution in [-0.2, 0) is 11.3 Å². The van der Waals surface area contributed by atoms with Gasteiger partial charge in [-0.15, -0.1) is 0 Å². The predicted molar refractivity (Wildman–Crippen MR) is 85.8 cm³/mol. The van der Waals surface area contributed by atoms with Gasteiger partial charge in [-0.3, -0.25) is 4.79 Å². The second-order valence-corrected chi connectivity index (χ2v) is 5.79. The molecule has 112 valence electrons. The molecule has 1 aromatic heterocycles. The zero-order valence-electron chi connectivity index (χ0n) is 11.7. The minimum atomic E-state index is -0.233. The van der Waals surface area contributed by atoms with Crippen molar-refractivity contribution in [2.45, 2.75) is 26.3 Å². The monoisotopic (exact) mass is 326 g/mol. The quantitative estimate of drug-likeness (QED) is 0.844. The summed E-state index contributed by atoms with van der Waals surface area (Å²) >= 11 is 12.1. The van der Waals surface area contributed by atoms with Crippen LogP contribution < -0.4 is 11.1 Å². The second-order valence-electron chi connectivity index (χ2n) is 4.98. The van der Waals surface area contributed by atoms with Crippen molar-refractivity contribution in [3.63, 3.8) is 0 Å². The normalized spacial score (nSPS) is 10.9. The number of rotatable bonds is 4. The smallest absolute Gasteiger partial charge is 0.244 e. The number of benzene rings is 1. The average molecular weight is 327 g/mol. The van der Waals surface area contributed by atoms with Gasteiger partial charge in [0.2, 0.25) is 5.91 Å². The highest BCUT2D eigenvalue weighted by atomic mass is 35.5. The molecule has 0 aliphatic heterocycles. The van der Waals surface area contributed by atoms with Crippen LogP contribution in [0.25, 0.3) is 0 Å². The number of nitrogens with one attached hydrogen (secondary N) is 1. The molecule has 0 saturated heterocycles. The summed E-state index contributed by atoms with van der Waals surface area (Å²) in [6, 6.07) is 3.08. The van der Waals surface area contributed by atoms with Gasteiger partial charge in [0, 0.05) is 24.0 Å². The van der Waals surface area contributed by atoms with Gasteiger partial charge in [0.1, 0.15) is 12.4 Å². The van der Waals surface area contributed by atoms with Gasteiger partial charge in [-0.05, 0) is 12.1 Å². The zero-order valence-corrected chi connectivity index (χ0v) is 13.2. The van der Waals surface area contributed by atoms with E-state index in [-0.39, 0.29) is 18.4 Å². The number of aromatic nitrogens is 2. The molecule has 1 amide bonds. The van der Waals surface area contributed by atoms with Crippen LogP contribution in [0.15, 0.2) is 24.5 Å². The zero-order chi connectivity index (χ0) is 15.6. The number of nitrogen functional groups attached to an aromatic ring is 1. The fourth-order valence-electron chi connectivity index (χ4n) is 2.00. The van der Waals surface area contributed by atoms with Gasteiger partial charge in [-0.25, -0.2) is 4.98 Å². The first-order valence-electron chi connectivity index (χ1n) is 6.44. The first-order chi connectivity index (χ1) is 9.88. The first-order valence-corrected chi connectivity index (χ1v) is 7.19. The molecule has 7 heteroatoms. The van der Waals surface area contributed by atoms with Crippen molar-refractivity contribution in [3.8, 4) is 0 Å². The molecule has 21 heavy (non-hydrogen) atoms. The summed E-state index contributed by atoms with van der Waals surface area (Å²) < 4.78 is 1.79. The summed E-state index contributed by atoms with van der Waals surface area (Å²) in [4.78, 5) is 16.4. The molecule has 0 fully saturated rings. The van der Waals surface area contributed by atoms with E-state index in [1.54, 1.807) is 29.1 Å². The summed E-state index contributed by atoms with van der Waals surface area (Å²) in [6.07, 6.45) is 3.44. The van der Waals surface area contributed by atoms with Crippen LogP contribution in [0.3, 0.4) is 0 Å². The molecule has 5 nitrogen and oxygen atoms in total. The van der Waals surface area contributed by atoms with Crippen molar-refractivity contribution in [2.75, 3.05) is 11.1 Å². The third-order valence-electron chi connectivity index (χ3n) is 2.91. The molecule has 0 radical (unpaired) electrons. The van der Waals surface area contributed by atoms with Crippen molar-refractivity contribution in [2.24, 2.45) is 0 Å². The molecule has 0 spiro atoms. The number of anilines is 2. The average Bonchev–Trinajstić information content (AvgIpc) is 2.82. The molecule has 2 aromatic rings. The van der Waals surface area contributed by atoms with Crippen LogP contribution in [0.4, 0.5) is 11.4 Å². The molecule has 0 saturated carbocycles. The van der Waals surface area contributed by atoms with Crippen molar-refractivity contribution >= 4 is 40.5 Å². The van der Waals surface area contributed by atoms with E-state index >= 15 is 0 Å². The van der Waals surface area contributed by atoms with Crippen LogP contribution in [0.5, 0.6) is 0 Å². The molecule has 0 unspecified atom stereocenters. The summed E-state index contributed by atoms with van der Waals surface area (Å²) in [5.74, 6) is 0.847. The number of nitrogens with two attached hydrogens (primary N) is 1. The van der Waals surface area contributed by atoms with Gasteiger partial charge in [0.05, 0.1) is 15.7 Å². The molecule has 0 aliphatic carbocycles. The van der Waals surface area contributed by atoms with Gasteiger partial charge in [0.25, 0.3) is 0 Å². The summed E-state index contributed by atoms with van der Waals surface area (Å²) in [5.41, 5.74) is 6.44. The maximum atomic E-state index is 12.1. The van der Waals surface area contributed by atoms with Crippen LogP contribution >= 0.6 is 23.2 Å². The van der Waals surface area contributed by atoms with Crippen LogP contribution in [0.1, 0.15) is 25.6 Å². The Hall–Kier alpha value is -1.72. The van der Waals surface area contributed by atoms with E-state index in [4.69, 9.17) is 28.9 Å². The highest BCUT2D eigenvalue weighted by molar-refractivity contribution is 6.40. The van der Waals surface area contributed by atoms with E-state index in [0.29, 0.717) is 21.4 Å². The number of hydrogen-bond donors (Lipinski definition) is 2. The van der Waals surface area contributed by atoms with Crippen LogP contribution in [0.2, 0.25) is 10.0 Å². The fourth-order valence-corrected chi connectivity index (χ4v) is 2.60. The highest BCUT2D eigenvalue weighted by Crippen LogP contribution is 2.32. The number of hydrogen-bond acceptors (Lipinski definition) is 3. The third kappa shape index (κ3) is 3.68. The molecule has 0 bridgehead atoms. The van der Waals surface area contributed by atoms with Gasteiger partial charge in [-0.1, -0.05) is 37.0 Å². The molecule has 3 N–H and O–H groups in total. The fraction of sp³-hybridized carbons (Fsp3) is 0.286. The Balaban J connectivity index is 2.14. The maximum Gasteiger partial charge on any atom is 0.244 e. The van der Waals surface area contributed by atoms with E-state index in [2.05, 4.69) is 10.3 Å². The lowest BCUT2D eigenvalue weighted by atomic mass is 10.2. The SMILES string of the molecule is CC(C)c1nccn1CC(=O)Nc1c(Cl)cc(N)cc1Cl. The van der Waals surface area contributed by atoms with Crippen molar-refractivity contribution < 1.29 is 4.79 Å². The Labute approximate surface area is 133 Å². The maximum absolute atomic E-state index is 12.1. The number of nitrogens with zero attached hydrogens (tertiary/aromatic N) is 2. The van der Waals surface area contributed by atoms with Gasteiger partial charge in [-0.2, -0.15) is 0 Å². The first kappa shape index (κ1) is 15.7. The Bertz CT molecular complexity index is 644. The largest absolute Gasteiger partial charge is 0.399 e. The summed E-state index contributed by atoms with van der Waals surface area (Å²) in [7, 11) is 0. The Morgan fingerprint density at radius 1 is 1.38 bits per heavy atom. The minimum Gasteiger partial charge on any atom is -0.399 e. The minimum absolute atomic E-state index is 0.143. The number of amides is 1. The van der Waals surface area contributed by atoms with E-state index in [1.807, 2.05) is 13.8 Å². The number of imidazole rings is 1. The predicted octanol–water partition coefficient (Wildman–Crippen LogP) is 3.53. The topological polar surface area (TPSA) is 72.9 Å². The molecule has 1 heterocycles. The number of halogens is 2. The molecular formula is C14H16Cl2N4O. The lowest BCUT2D eigenvalue weighted by Gasteiger charge is -2.13. The molecule has 1 aromatic carbocycles. The standard InChI is InChI=1S/C14H16Cl2N4O/c1-8(2)14-18-3-4-20(14)7-12(21)19-13-10(15)5-9(17)6-11(13)16/h3-6,8H,7,17H2,1-2H3,(H,19,21). The van der Waals surface area contributed by atoms with Gasteiger partial charge >= 0.3 is 0 Å². The van der Waals surface area contributed by atoms with Crippen LogP contribution in [-0.4, -0.2) is 15.5 Å². The number of carbonyl (C=O) groups excluding carboxylic acids is 1. The van der Waals surface area contributed by atoms with Crippen molar-refractivity contribution in [3.05, 3.63) is 40.4 Å². The molecule has 2 rings (SSSR count). The highest BCUT2D eigenvalue weighted by Gasteiger charge is 2.14.